The lowest BCUT2D eigenvalue weighted by Gasteiger charge is -2.32. The van der Waals surface area contributed by atoms with Crippen LogP contribution in [0.25, 0.3) is 23.0 Å². The largest absolute Gasteiger partial charge is 0.381 e. The average molecular weight is 527 g/mol. The van der Waals surface area contributed by atoms with E-state index in [1.807, 2.05) is 46.8 Å². The van der Waals surface area contributed by atoms with Crippen LogP contribution < -0.4 is 0 Å². The average Bonchev–Trinajstić information content (AvgIpc) is 3.61. The van der Waals surface area contributed by atoms with E-state index in [1.54, 1.807) is 0 Å². The summed E-state index contributed by atoms with van der Waals surface area (Å²) in [6.07, 6.45) is 2.12. The Kier molecular flexibility index (Phi) is 7.26. The Morgan fingerprint density at radius 2 is 1.77 bits per heavy atom. The van der Waals surface area contributed by atoms with E-state index in [4.69, 9.17) is 14.4 Å². The van der Waals surface area contributed by atoms with Crippen LogP contribution in [-0.2, 0) is 11.3 Å². The molecule has 0 radical (unpaired) electrons. The Labute approximate surface area is 228 Å². The molecule has 6 rings (SSSR count). The molecule has 0 unspecified atom stereocenters. The number of hydrogen-bond acceptors (Lipinski definition) is 7. The van der Waals surface area contributed by atoms with Crippen molar-refractivity contribution in [3.8, 4) is 23.0 Å². The van der Waals surface area contributed by atoms with Gasteiger partial charge in [-0.05, 0) is 62.1 Å². The maximum Gasteiger partial charge on any atom is 0.278 e. The summed E-state index contributed by atoms with van der Waals surface area (Å²) in [6.45, 7) is 7.52. The van der Waals surface area contributed by atoms with Gasteiger partial charge in [-0.3, -0.25) is 9.48 Å². The molecule has 0 spiro atoms. The highest BCUT2D eigenvalue weighted by atomic mass is 16.5. The fraction of sp³-hybridized carbons (Fsp3) is 0.400. The molecule has 2 saturated heterocycles. The normalized spacial score (nSPS) is 17.0. The van der Waals surface area contributed by atoms with Gasteiger partial charge in [0.25, 0.3) is 11.8 Å². The van der Waals surface area contributed by atoms with Crippen LogP contribution in [0, 0.1) is 6.92 Å². The van der Waals surface area contributed by atoms with Crippen molar-refractivity contribution in [1.82, 2.24) is 29.7 Å². The first-order valence-electron chi connectivity index (χ1n) is 13.7. The van der Waals surface area contributed by atoms with Crippen LogP contribution in [0.5, 0.6) is 0 Å². The van der Waals surface area contributed by atoms with E-state index in [1.165, 1.54) is 5.56 Å². The van der Waals surface area contributed by atoms with E-state index in [-0.39, 0.29) is 5.91 Å². The first kappa shape index (κ1) is 25.5. The van der Waals surface area contributed by atoms with Crippen molar-refractivity contribution >= 4 is 5.91 Å². The Hall–Kier alpha value is -3.82. The molecule has 202 valence electrons. The van der Waals surface area contributed by atoms with Gasteiger partial charge in [-0.15, -0.1) is 0 Å². The van der Waals surface area contributed by atoms with E-state index in [0.717, 1.165) is 69.1 Å². The van der Waals surface area contributed by atoms with Gasteiger partial charge in [-0.25, -0.2) is 0 Å². The Morgan fingerprint density at radius 3 is 2.54 bits per heavy atom. The van der Waals surface area contributed by atoms with Crippen molar-refractivity contribution < 1.29 is 14.1 Å². The molecule has 0 atom stereocenters. The molecule has 0 saturated carbocycles. The summed E-state index contributed by atoms with van der Waals surface area (Å²) in [6, 6.07) is 18.2. The van der Waals surface area contributed by atoms with Gasteiger partial charge in [0.1, 0.15) is 0 Å². The van der Waals surface area contributed by atoms with Gasteiger partial charge < -0.3 is 19.1 Å². The Bertz CT molecular complexity index is 1430. The number of hydrogen-bond donors (Lipinski definition) is 0. The molecular weight excluding hydrogens is 492 g/mol. The first-order valence-corrected chi connectivity index (χ1v) is 13.7. The van der Waals surface area contributed by atoms with E-state index in [9.17, 15) is 4.79 Å². The van der Waals surface area contributed by atoms with Crippen LogP contribution in [0.3, 0.4) is 0 Å². The third kappa shape index (κ3) is 5.65. The lowest BCUT2D eigenvalue weighted by molar-refractivity contribution is 0.0664. The summed E-state index contributed by atoms with van der Waals surface area (Å²) >= 11 is 0. The van der Waals surface area contributed by atoms with Crippen LogP contribution in [0.2, 0.25) is 0 Å². The molecule has 4 aromatic rings. The summed E-state index contributed by atoms with van der Waals surface area (Å²) in [5.74, 6) is 1.57. The summed E-state index contributed by atoms with van der Waals surface area (Å²) in [5.41, 5.74) is 5.58. The summed E-state index contributed by atoms with van der Waals surface area (Å²) < 4.78 is 13.0. The van der Waals surface area contributed by atoms with Gasteiger partial charge in [0.05, 0.1) is 6.54 Å². The molecule has 0 N–H and O–H groups in total. The number of ether oxygens (including phenoxy) is 1. The number of aromatic nitrogens is 4. The Balaban J connectivity index is 1.14. The molecule has 9 nitrogen and oxygen atoms in total. The highest BCUT2D eigenvalue weighted by Gasteiger charge is 2.21. The van der Waals surface area contributed by atoms with E-state index < -0.39 is 0 Å². The van der Waals surface area contributed by atoms with Gasteiger partial charge in [0.15, 0.2) is 5.69 Å². The number of amides is 1. The van der Waals surface area contributed by atoms with Crippen molar-refractivity contribution in [2.45, 2.75) is 32.2 Å². The second-order valence-electron chi connectivity index (χ2n) is 10.6. The predicted molar refractivity (Wildman–Crippen MR) is 147 cm³/mol. The topological polar surface area (TPSA) is 89.5 Å². The highest BCUT2D eigenvalue weighted by Crippen LogP contribution is 2.29. The molecule has 2 fully saturated rings. The molecule has 2 aromatic heterocycles. The number of piperazine rings is 1. The van der Waals surface area contributed by atoms with E-state index >= 15 is 0 Å². The van der Waals surface area contributed by atoms with Gasteiger partial charge in [-0.1, -0.05) is 41.6 Å². The molecule has 9 heteroatoms. The van der Waals surface area contributed by atoms with Crippen molar-refractivity contribution in [2.24, 2.45) is 0 Å². The monoisotopic (exact) mass is 526 g/mol. The van der Waals surface area contributed by atoms with E-state index in [0.29, 0.717) is 35.4 Å². The number of rotatable bonds is 6. The smallest absolute Gasteiger partial charge is 0.278 e. The highest BCUT2D eigenvalue weighted by molar-refractivity contribution is 5.94. The number of benzene rings is 2. The zero-order valence-corrected chi connectivity index (χ0v) is 22.5. The third-order valence-corrected chi connectivity index (χ3v) is 7.78. The third-order valence-electron chi connectivity index (χ3n) is 7.78. The molecule has 4 heterocycles. The van der Waals surface area contributed by atoms with Crippen molar-refractivity contribution in [2.75, 3.05) is 46.4 Å². The van der Waals surface area contributed by atoms with Gasteiger partial charge in [0.2, 0.25) is 5.82 Å². The summed E-state index contributed by atoms with van der Waals surface area (Å²) in [5, 5.41) is 8.95. The van der Waals surface area contributed by atoms with Gasteiger partial charge >= 0.3 is 0 Å². The maximum absolute atomic E-state index is 13.0. The minimum Gasteiger partial charge on any atom is -0.381 e. The van der Waals surface area contributed by atoms with Crippen LogP contribution >= 0.6 is 0 Å². The van der Waals surface area contributed by atoms with Crippen LogP contribution in [-0.4, -0.2) is 82.1 Å². The fourth-order valence-electron chi connectivity index (χ4n) is 5.32. The minimum atomic E-state index is 0.0852. The van der Waals surface area contributed by atoms with E-state index in [2.05, 4.69) is 46.4 Å². The molecule has 2 aliphatic heterocycles. The van der Waals surface area contributed by atoms with Crippen LogP contribution in [0.1, 0.15) is 45.9 Å². The predicted octanol–water partition coefficient (Wildman–Crippen LogP) is 4.24. The second-order valence-corrected chi connectivity index (χ2v) is 10.6. The zero-order valence-electron chi connectivity index (χ0n) is 22.5. The van der Waals surface area contributed by atoms with Crippen molar-refractivity contribution in [3.05, 3.63) is 77.0 Å². The number of aryl methyl sites for hydroxylation is 1. The van der Waals surface area contributed by atoms with Crippen LogP contribution in [0.15, 0.2) is 59.1 Å². The van der Waals surface area contributed by atoms with Crippen LogP contribution in [0.4, 0.5) is 0 Å². The molecule has 1 amide bonds. The Morgan fingerprint density at radius 1 is 1.00 bits per heavy atom. The number of carbonyl (C=O) groups is 1. The molecule has 2 aliphatic rings. The van der Waals surface area contributed by atoms with Gasteiger partial charge in [-0.2, -0.15) is 10.1 Å². The number of nitrogens with zero attached hydrogens (tertiary/aromatic N) is 6. The lowest BCUT2D eigenvalue weighted by atomic mass is 9.91. The molecule has 0 aliphatic carbocycles. The summed E-state index contributed by atoms with van der Waals surface area (Å²) in [4.78, 5) is 21.8. The second kappa shape index (κ2) is 11.1. The standard InChI is InChI=1S/C30H34N6O3/c1-21-18-27(29-31-28(33-39-29)25-8-6-23(7-9-25)24-10-16-38-17-11-24)32-36(21)20-22-4-3-5-26(19-22)30(37)35-14-12-34(2)13-15-35/h3-9,18-19,24H,10-17,20H2,1-2H3. The van der Waals surface area contributed by atoms with Crippen molar-refractivity contribution in [1.29, 1.82) is 0 Å². The quantitative estimate of drug-likeness (QED) is 0.371. The SMILES string of the molecule is Cc1cc(-c2nc(-c3ccc(C4CCOCC4)cc3)no2)nn1Cc1cccc(C(=O)N2CCN(C)CC2)c1. The lowest BCUT2D eigenvalue weighted by Crippen LogP contribution is -2.47. The maximum atomic E-state index is 13.0. The zero-order chi connectivity index (χ0) is 26.8. The molecule has 39 heavy (non-hydrogen) atoms. The molecular formula is C30H34N6O3. The molecule has 0 bridgehead atoms. The first-order chi connectivity index (χ1) is 19.0. The molecule has 2 aromatic carbocycles. The number of carbonyl (C=O) groups excluding carboxylic acids is 1. The number of likely N-dealkylation sites (N-methyl/N-ethyl adjacent to an activating group) is 1. The summed E-state index contributed by atoms with van der Waals surface area (Å²) in [7, 11) is 2.09. The minimum absolute atomic E-state index is 0.0852. The van der Waals surface area contributed by atoms with Crippen molar-refractivity contribution in [3.63, 3.8) is 0 Å². The fourth-order valence-corrected chi connectivity index (χ4v) is 5.32. The van der Waals surface area contributed by atoms with Gasteiger partial charge in [0, 0.05) is 56.2 Å².